The first-order valence-corrected chi connectivity index (χ1v) is 45.7. The number of aliphatic carboxylic acids is 5. The fourth-order valence-electron chi connectivity index (χ4n) is 13.2. The van der Waals surface area contributed by atoms with Crippen LogP contribution in [0.5, 0.6) is 57.5 Å². The van der Waals surface area contributed by atoms with Gasteiger partial charge in [0.2, 0.25) is 0 Å². The van der Waals surface area contributed by atoms with E-state index < -0.39 is 74.5 Å². The SMILES string of the molecule is CC(=O)C(C)Oc1ccc(-c2coc3cc(OCC(=O)O)ccc3c2=O)cc1.CC(=O)C(C)Oc1ccc(-c2coc3cc(OCCOCC(=O)O)ccc3c2=O)cc1.CC(=O)CCCCCOc1ccc(-c2coc3cc(OCC(=O)O)ccc3c2=O)cc1.CC(=O)CCCCCOc1ccc(OCCOCC(=O)O)cc1C(=O)O.CC(=O)COCCOc1ccc(-c2coc3cc(OCC(=O)O)ccc3c2=O)cc1. The van der Waals surface area contributed by atoms with Crippen molar-refractivity contribution in [3.63, 3.8) is 0 Å². The molecule has 38 nitrogen and oxygen atoms in total. The number of carboxylic acids is 6. The summed E-state index contributed by atoms with van der Waals surface area (Å²) >= 11 is 0. The molecule has 0 saturated carbocycles. The number of carbonyl (C=O) groups excluding carboxylic acids is 5. The van der Waals surface area contributed by atoms with E-state index in [0.717, 1.165) is 38.5 Å². The topological polar surface area (TPSA) is 550 Å². The fraction of sp³-hybridized carbons (Fsp3) is 0.287. The molecule has 768 valence electrons. The van der Waals surface area contributed by atoms with Crippen LogP contribution in [0.3, 0.4) is 0 Å². The lowest BCUT2D eigenvalue weighted by Gasteiger charge is -2.12. The third-order valence-corrected chi connectivity index (χ3v) is 20.8. The Balaban J connectivity index is 0.000000203. The molecule has 146 heavy (non-hydrogen) atoms. The van der Waals surface area contributed by atoms with Gasteiger partial charge in [0.1, 0.15) is 162 Å². The summed E-state index contributed by atoms with van der Waals surface area (Å²) in [7, 11) is 0. The predicted molar refractivity (Wildman–Crippen MR) is 530 cm³/mol. The summed E-state index contributed by atoms with van der Waals surface area (Å²) in [6, 6.07) is 50.8. The smallest absolute Gasteiger partial charge is 0.341 e. The van der Waals surface area contributed by atoms with Crippen molar-refractivity contribution in [1.82, 2.24) is 0 Å². The number of ether oxygens (including phenoxy) is 13. The molecule has 0 radical (unpaired) electrons. The summed E-state index contributed by atoms with van der Waals surface area (Å²) in [6.45, 7) is 10.7. The molecule has 4 heterocycles. The lowest BCUT2D eigenvalue weighted by atomic mass is 10.1. The van der Waals surface area contributed by atoms with E-state index in [2.05, 4.69) is 0 Å². The van der Waals surface area contributed by atoms with Gasteiger partial charge in [-0.25, -0.2) is 28.8 Å². The van der Waals surface area contributed by atoms with Gasteiger partial charge >= 0.3 is 35.8 Å². The number of carbonyl (C=O) groups is 11. The maximum absolute atomic E-state index is 12.9. The van der Waals surface area contributed by atoms with Crippen molar-refractivity contribution in [1.29, 1.82) is 0 Å². The minimum atomic E-state index is -1.14. The van der Waals surface area contributed by atoms with E-state index >= 15 is 0 Å². The second kappa shape index (κ2) is 57.7. The summed E-state index contributed by atoms with van der Waals surface area (Å²) < 4.78 is 91.2. The zero-order valence-corrected chi connectivity index (χ0v) is 80.7. The molecule has 0 amide bonds. The van der Waals surface area contributed by atoms with E-state index in [-0.39, 0.29) is 102 Å². The predicted octanol–water partition coefficient (Wildman–Crippen LogP) is 16.3. The van der Waals surface area contributed by atoms with E-state index in [1.165, 1.54) is 94.4 Å². The summed E-state index contributed by atoms with van der Waals surface area (Å²) in [4.78, 5) is 170. The normalized spacial score (nSPS) is 11.1. The highest BCUT2D eigenvalue weighted by Gasteiger charge is 2.21. The monoisotopic (exact) mass is 2010 g/mol. The van der Waals surface area contributed by atoms with Crippen molar-refractivity contribution < 1.29 is 163 Å². The van der Waals surface area contributed by atoms with Crippen LogP contribution in [0.2, 0.25) is 0 Å². The molecule has 2 atom stereocenters. The Bertz CT molecular complexity index is 6930. The molecular weight excluding hydrogens is 1910 g/mol. The molecule has 6 N–H and O–H groups in total. The summed E-state index contributed by atoms with van der Waals surface area (Å²) in [5.41, 5.74) is 4.70. The van der Waals surface area contributed by atoms with Crippen LogP contribution in [0.1, 0.15) is 110 Å². The van der Waals surface area contributed by atoms with Gasteiger partial charge in [-0.2, -0.15) is 0 Å². The first-order valence-electron chi connectivity index (χ1n) is 45.7. The minimum absolute atomic E-state index is 0.0160. The van der Waals surface area contributed by atoms with Gasteiger partial charge < -0.3 is 119 Å². The zero-order chi connectivity index (χ0) is 106. The maximum Gasteiger partial charge on any atom is 0.341 e. The van der Waals surface area contributed by atoms with E-state index in [1.807, 2.05) is 0 Å². The van der Waals surface area contributed by atoms with Crippen molar-refractivity contribution in [3.8, 4) is 102 Å². The second-order valence-electron chi connectivity index (χ2n) is 32.3. The Kier molecular flexibility index (Phi) is 44.5. The molecule has 4 aromatic heterocycles. The maximum atomic E-state index is 12.9. The molecule has 0 bridgehead atoms. The number of Topliss-reactive ketones (excluding diaryl/α,β-unsaturated/α-hetero) is 5. The molecule has 0 aliphatic carbocycles. The molecule has 0 spiro atoms. The van der Waals surface area contributed by atoms with Gasteiger partial charge in [0.25, 0.3) is 0 Å². The van der Waals surface area contributed by atoms with Crippen molar-refractivity contribution in [2.75, 3.05) is 92.5 Å². The Morgan fingerprint density at radius 1 is 0.267 bits per heavy atom. The standard InChI is InChI=1S/C24H24O7.C23H22O8.C22H20O8.C21H18O7.C18H24O8/c1-16(25)5-3-2-4-12-29-18-8-6-17(7-9-18)21-14-31-22-13-19(30-15-23(26)27)10-11-20(22)24(21)28;1-14(24)15(2)31-17-5-3-16(4-6-17)20-12-30-21-11-18(7-8-19(21)23(20)27)29-10-9-28-13-22(25)26;1-14(23)11-27-8-9-28-16-4-2-15(3-5-16)19-12-30-20-10-17(29-13-21(24)25)6-7-18(20)22(19)26;1-12(22)13(2)28-15-5-3-14(4-6-15)18-10-27-19-9-16(26-11-20(23)24)7-8-17(19)21(18)25;1-13(19)5-3-2-4-8-26-16-7-6-14(11-15(16)18(22)23)25-10-9-24-12-17(20)21/h6-11,13-14H,2-5,12,15H2,1H3,(H,26,27);3-8,11-12,15H,9-10,13H2,1-2H3,(H,25,26);2-7,10,12H,8-9,11,13H2,1H3,(H,24,25);3-10,13H,11H2,1-2H3,(H,23,24);6-7,11H,2-5,8-10,12H2,1H3,(H,20,21)(H,22,23). The van der Waals surface area contributed by atoms with Crippen molar-refractivity contribution in [3.05, 3.63) is 260 Å². The summed E-state index contributed by atoms with van der Waals surface area (Å²) in [6.07, 6.45) is 10.6. The molecule has 13 aromatic rings. The van der Waals surface area contributed by atoms with Gasteiger partial charge in [-0.1, -0.05) is 48.5 Å². The molecule has 9 aromatic carbocycles. The molecule has 0 fully saturated rings. The zero-order valence-electron chi connectivity index (χ0n) is 80.7. The average Bonchev–Trinajstić information content (AvgIpc) is 0.794. The first-order chi connectivity index (χ1) is 70.0. The average molecular weight is 2010 g/mol. The van der Waals surface area contributed by atoms with E-state index in [1.54, 1.807) is 167 Å². The van der Waals surface area contributed by atoms with Crippen LogP contribution < -0.4 is 69.1 Å². The molecule has 2 unspecified atom stereocenters. The Hall–Kier alpha value is -17.1. The van der Waals surface area contributed by atoms with Gasteiger partial charge in [0.15, 0.2) is 71.1 Å². The lowest BCUT2D eigenvalue weighted by molar-refractivity contribution is -0.143. The Labute approximate surface area is 833 Å². The lowest BCUT2D eigenvalue weighted by Crippen LogP contribution is -2.20. The highest BCUT2D eigenvalue weighted by molar-refractivity contribution is 5.92. The van der Waals surface area contributed by atoms with Gasteiger partial charge in [0, 0.05) is 37.1 Å². The van der Waals surface area contributed by atoms with Crippen LogP contribution in [-0.4, -0.2) is 200 Å². The number of hydrogen-bond donors (Lipinski definition) is 6. The molecule has 13 rings (SSSR count). The van der Waals surface area contributed by atoms with E-state index in [0.29, 0.717) is 179 Å². The van der Waals surface area contributed by atoms with Gasteiger partial charge in [-0.05, 0) is 225 Å². The molecule has 38 heteroatoms. The third kappa shape index (κ3) is 37.1. The highest BCUT2D eigenvalue weighted by atomic mass is 16.6. The number of rotatable bonds is 52. The van der Waals surface area contributed by atoms with Crippen molar-refractivity contribution in [2.45, 2.75) is 112 Å². The summed E-state index contributed by atoms with van der Waals surface area (Å²) in [5.74, 6) is -2.02. The van der Waals surface area contributed by atoms with Gasteiger partial charge in [-0.3, -0.25) is 33.6 Å². The minimum Gasteiger partial charge on any atom is -0.494 e. The van der Waals surface area contributed by atoms with Crippen LogP contribution in [0.15, 0.2) is 250 Å². The number of fused-ring (bicyclic) bond motifs is 4. The summed E-state index contributed by atoms with van der Waals surface area (Å²) in [5, 5.41) is 53.8. The van der Waals surface area contributed by atoms with Crippen LogP contribution in [0, 0.1) is 0 Å². The van der Waals surface area contributed by atoms with E-state index in [9.17, 15) is 77.0 Å². The number of benzene rings is 9. The molecule has 0 aliphatic rings. The fourth-order valence-corrected chi connectivity index (χ4v) is 13.2. The number of unbranched alkanes of at least 4 members (excludes halogenated alkanes) is 4. The molecular formula is C108H108O38. The Morgan fingerprint density at radius 2 is 0.534 bits per heavy atom. The van der Waals surface area contributed by atoms with Crippen molar-refractivity contribution in [2.24, 2.45) is 0 Å². The third-order valence-electron chi connectivity index (χ3n) is 20.8. The van der Waals surface area contributed by atoms with Gasteiger partial charge in [0.05, 0.1) is 76.8 Å². The molecule has 0 aliphatic heterocycles. The number of hydrogen-bond acceptors (Lipinski definition) is 32. The number of ketones is 5. The largest absolute Gasteiger partial charge is 0.494 e. The van der Waals surface area contributed by atoms with Crippen LogP contribution in [0.4, 0.5) is 0 Å². The molecule has 0 saturated heterocycles. The highest BCUT2D eigenvalue weighted by Crippen LogP contribution is 2.33. The van der Waals surface area contributed by atoms with Crippen molar-refractivity contribution >= 4 is 109 Å². The van der Waals surface area contributed by atoms with Crippen LogP contribution in [0.25, 0.3) is 88.4 Å². The number of aromatic carboxylic acids is 1. The second-order valence-corrected chi connectivity index (χ2v) is 32.3. The number of carboxylic acid groups (broad SMARTS) is 6. The Morgan fingerprint density at radius 3 is 0.829 bits per heavy atom. The quantitative estimate of drug-likeness (QED) is 0.0193. The van der Waals surface area contributed by atoms with E-state index in [4.69, 9.17) is 105 Å². The first kappa shape index (κ1) is 112. The van der Waals surface area contributed by atoms with Crippen LogP contribution >= 0.6 is 0 Å². The van der Waals surface area contributed by atoms with Gasteiger partial charge in [-0.15, -0.1) is 0 Å². The van der Waals surface area contributed by atoms with Crippen LogP contribution in [-0.2, 0) is 62.2 Å².